The van der Waals surface area contributed by atoms with Crippen molar-refractivity contribution in [3.05, 3.63) is 35.1 Å². The maximum Gasteiger partial charge on any atom is 0.409 e. The molecule has 0 unspecified atom stereocenters. The van der Waals surface area contributed by atoms with Gasteiger partial charge < -0.3 is 19.4 Å². The zero-order valence-corrected chi connectivity index (χ0v) is 13.5. The van der Waals surface area contributed by atoms with E-state index in [1.807, 2.05) is 26.0 Å². The van der Waals surface area contributed by atoms with Crippen LogP contribution in [0.4, 0.5) is 4.79 Å². The number of hydrogen-bond acceptors (Lipinski definition) is 4. The number of fused-ring (bicyclic) bond motifs is 1. The van der Waals surface area contributed by atoms with Crippen LogP contribution in [0, 0.1) is 13.8 Å². The molecule has 3 rings (SSSR count). The van der Waals surface area contributed by atoms with Crippen molar-refractivity contribution in [1.82, 2.24) is 10.2 Å². The Bertz CT molecular complexity index is 726. The smallest absolute Gasteiger partial charge is 0.409 e. The van der Waals surface area contributed by atoms with Crippen LogP contribution in [0.15, 0.2) is 22.6 Å². The van der Waals surface area contributed by atoms with Crippen molar-refractivity contribution in [2.45, 2.75) is 26.3 Å². The third-order valence-electron chi connectivity index (χ3n) is 4.31. The van der Waals surface area contributed by atoms with Gasteiger partial charge in [0.25, 0.3) is 5.91 Å². The number of carbonyl (C=O) groups is 2. The Morgan fingerprint density at radius 3 is 2.74 bits per heavy atom. The summed E-state index contributed by atoms with van der Waals surface area (Å²) < 4.78 is 10.3. The first-order chi connectivity index (χ1) is 11.0. The molecule has 2 amide bonds. The SMILES string of the molecule is COC(=O)N1CC[C@H](NC(=O)c2cc3cc(C)c(C)cc3o2)C1. The molecular formula is C17H20N2O4. The highest BCUT2D eigenvalue weighted by Crippen LogP contribution is 2.23. The predicted octanol–water partition coefficient (Wildman–Crippen LogP) is 2.62. The molecule has 2 aromatic rings. The molecule has 0 bridgehead atoms. The fraction of sp³-hybridized carbons (Fsp3) is 0.412. The molecule has 1 aromatic carbocycles. The number of amides is 2. The number of hydrogen-bond donors (Lipinski definition) is 1. The molecule has 6 heteroatoms. The Morgan fingerprint density at radius 2 is 2.00 bits per heavy atom. The van der Waals surface area contributed by atoms with Gasteiger partial charge in [0.05, 0.1) is 7.11 Å². The Kier molecular flexibility index (Phi) is 3.98. The molecule has 122 valence electrons. The fourth-order valence-corrected chi connectivity index (χ4v) is 2.84. The van der Waals surface area contributed by atoms with Gasteiger partial charge >= 0.3 is 6.09 Å². The van der Waals surface area contributed by atoms with Crippen molar-refractivity contribution in [2.24, 2.45) is 0 Å². The van der Waals surface area contributed by atoms with Gasteiger partial charge in [-0.3, -0.25) is 4.79 Å². The molecule has 6 nitrogen and oxygen atoms in total. The molecule has 0 radical (unpaired) electrons. The average molecular weight is 316 g/mol. The predicted molar refractivity (Wildman–Crippen MR) is 85.5 cm³/mol. The van der Waals surface area contributed by atoms with Gasteiger partial charge in [-0.25, -0.2) is 4.79 Å². The van der Waals surface area contributed by atoms with Crippen LogP contribution in [0.1, 0.15) is 28.1 Å². The minimum atomic E-state index is -0.364. The van der Waals surface area contributed by atoms with Gasteiger partial charge in [0, 0.05) is 24.5 Å². The minimum Gasteiger partial charge on any atom is -0.453 e. The number of carbonyl (C=O) groups excluding carboxylic acids is 2. The van der Waals surface area contributed by atoms with Crippen molar-refractivity contribution in [2.75, 3.05) is 20.2 Å². The van der Waals surface area contributed by atoms with Gasteiger partial charge in [-0.2, -0.15) is 0 Å². The highest BCUT2D eigenvalue weighted by Gasteiger charge is 2.28. The van der Waals surface area contributed by atoms with Gasteiger partial charge in [-0.05, 0) is 49.6 Å². The van der Waals surface area contributed by atoms with Crippen LogP contribution >= 0.6 is 0 Å². The number of rotatable bonds is 2. The van der Waals surface area contributed by atoms with Crippen LogP contribution in [0.25, 0.3) is 11.0 Å². The van der Waals surface area contributed by atoms with Crippen molar-refractivity contribution >= 4 is 23.0 Å². The summed E-state index contributed by atoms with van der Waals surface area (Å²) in [6, 6.07) is 5.62. The number of methoxy groups -OCH3 is 1. The Morgan fingerprint density at radius 1 is 1.26 bits per heavy atom. The van der Waals surface area contributed by atoms with Crippen LogP contribution in [-0.2, 0) is 4.74 Å². The van der Waals surface area contributed by atoms with Crippen molar-refractivity contribution in [3.8, 4) is 0 Å². The number of nitrogens with one attached hydrogen (secondary N) is 1. The molecule has 0 aliphatic carbocycles. The zero-order valence-electron chi connectivity index (χ0n) is 13.5. The number of furan rings is 1. The second kappa shape index (κ2) is 5.95. The number of benzene rings is 1. The quantitative estimate of drug-likeness (QED) is 0.924. The van der Waals surface area contributed by atoms with E-state index in [9.17, 15) is 9.59 Å². The van der Waals surface area contributed by atoms with Gasteiger partial charge in [-0.1, -0.05) is 0 Å². The van der Waals surface area contributed by atoms with E-state index in [2.05, 4.69) is 5.32 Å². The summed E-state index contributed by atoms with van der Waals surface area (Å²) in [5, 5.41) is 3.83. The fourth-order valence-electron chi connectivity index (χ4n) is 2.84. The summed E-state index contributed by atoms with van der Waals surface area (Å²) in [7, 11) is 1.35. The molecule has 0 spiro atoms. The molecular weight excluding hydrogens is 296 g/mol. The summed E-state index contributed by atoms with van der Waals surface area (Å²) in [4.78, 5) is 25.4. The first-order valence-electron chi connectivity index (χ1n) is 7.62. The minimum absolute atomic E-state index is 0.0849. The van der Waals surface area contributed by atoms with Gasteiger partial charge in [0.2, 0.25) is 0 Å². The number of ether oxygens (including phenoxy) is 1. The van der Waals surface area contributed by atoms with E-state index in [1.165, 1.54) is 7.11 Å². The summed E-state index contributed by atoms with van der Waals surface area (Å²) in [6.45, 7) is 5.07. The second-order valence-corrected chi connectivity index (χ2v) is 5.96. The van der Waals surface area contributed by atoms with Crippen molar-refractivity contribution in [3.63, 3.8) is 0 Å². The molecule has 1 aromatic heterocycles. The van der Waals surface area contributed by atoms with E-state index in [1.54, 1.807) is 11.0 Å². The van der Waals surface area contributed by atoms with E-state index in [0.29, 0.717) is 30.9 Å². The van der Waals surface area contributed by atoms with Crippen LogP contribution in [-0.4, -0.2) is 43.1 Å². The highest BCUT2D eigenvalue weighted by atomic mass is 16.5. The molecule has 1 fully saturated rings. The van der Waals surface area contributed by atoms with Crippen molar-refractivity contribution in [1.29, 1.82) is 0 Å². The van der Waals surface area contributed by atoms with Crippen LogP contribution in [0.5, 0.6) is 0 Å². The standard InChI is InChI=1S/C17H20N2O4/c1-10-6-12-8-15(23-14(12)7-11(10)2)16(20)18-13-4-5-19(9-13)17(21)22-3/h6-8,13H,4-5,9H2,1-3H3,(H,18,20)/t13-/m0/s1. The molecule has 1 aliphatic rings. The molecule has 2 heterocycles. The number of nitrogens with zero attached hydrogens (tertiary/aromatic N) is 1. The lowest BCUT2D eigenvalue weighted by Gasteiger charge is -2.14. The topological polar surface area (TPSA) is 71.8 Å². The maximum absolute atomic E-state index is 12.3. The second-order valence-electron chi connectivity index (χ2n) is 5.96. The molecule has 1 saturated heterocycles. The molecule has 1 N–H and O–H groups in total. The lowest BCUT2D eigenvalue weighted by molar-refractivity contribution is 0.0908. The largest absolute Gasteiger partial charge is 0.453 e. The Hall–Kier alpha value is -2.50. The monoisotopic (exact) mass is 316 g/mol. The first kappa shape index (κ1) is 15.4. The lowest BCUT2D eigenvalue weighted by atomic mass is 10.1. The van der Waals surface area contributed by atoms with Crippen molar-refractivity contribution < 1.29 is 18.7 Å². The van der Waals surface area contributed by atoms with E-state index in [-0.39, 0.29) is 18.0 Å². The van der Waals surface area contributed by atoms with Crippen LogP contribution < -0.4 is 5.32 Å². The van der Waals surface area contributed by atoms with E-state index >= 15 is 0 Å². The molecule has 0 saturated carbocycles. The Balaban J connectivity index is 1.70. The van der Waals surface area contributed by atoms with Gasteiger partial charge in [0.15, 0.2) is 5.76 Å². The number of aryl methyl sites for hydroxylation is 2. The van der Waals surface area contributed by atoms with E-state index in [0.717, 1.165) is 16.5 Å². The lowest BCUT2D eigenvalue weighted by Crippen LogP contribution is -2.38. The molecule has 1 atom stereocenters. The molecule has 1 aliphatic heterocycles. The maximum atomic E-state index is 12.3. The highest BCUT2D eigenvalue weighted by molar-refractivity contribution is 5.96. The summed E-state index contributed by atoms with van der Waals surface area (Å²) in [5.41, 5.74) is 3.00. The third-order valence-corrected chi connectivity index (χ3v) is 4.31. The summed E-state index contributed by atoms with van der Waals surface area (Å²) in [6.07, 6.45) is 0.343. The van der Waals surface area contributed by atoms with Crippen LogP contribution in [0.2, 0.25) is 0 Å². The zero-order chi connectivity index (χ0) is 16.6. The van der Waals surface area contributed by atoms with Gasteiger partial charge in [0.1, 0.15) is 5.58 Å². The normalized spacial score (nSPS) is 17.5. The van der Waals surface area contributed by atoms with Gasteiger partial charge in [-0.15, -0.1) is 0 Å². The average Bonchev–Trinajstić information content (AvgIpc) is 3.14. The summed E-state index contributed by atoms with van der Waals surface area (Å²) >= 11 is 0. The first-order valence-corrected chi connectivity index (χ1v) is 7.62. The Labute approximate surface area is 134 Å². The molecule has 23 heavy (non-hydrogen) atoms. The number of likely N-dealkylation sites (tertiary alicyclic amines) is 1. The third kappa shape index (κ3) is 3.02. The van der Waals surface area contributed by atoms with E-state index in [4.69, 9.17) is 9.15 Å². The summed E-state index contributed by atoms with van der Waals surface area (Å²) in [5.74, 6) is 0.0368. The van der Waals surface area contributed by atoms with E-state index < -0.39 is 0 Å². The van der Waals surface area contributed by atoms with Crippen LogP contribution in [0.3, 0.4) is 0 Å².